The van der Waals surface area contributed by atoms with E-state index in [9.17, 15) is 4.79 Å². The molecule has 1 unspecified atom stereocenters. The zero-order valence-electron chi connectivity index (χ0n) is 12.3. The molecule has 1 atom stereocenters. The summed E-state index contributed by atoms with van der Waals surface area (Å²) < 4.78 is 5.38. The topological polar surface area (TPSA) is 58.6 Å². The first-order valence-corrected chi connectivity index (χ1v) is 7.78. The van der Waals surface area contributed by atoms with Crippen molar-refractivity contribution in [1.29, 1.82) is 0 Å². The summed E-state index contributed by atoms with van der Waals surface area (Å²) in [6.45, 7) is 2.37. The van der Waals surface area contributed by atoms with Gasteiger partial charge in [0, 0.05) is 25.7 Å². The van der Waals surface area contributed by atoms with Gasteiger partial charge in [-0.05, 0) is 42.2 Å². The number of carbonyl (C=O) groups is 1. The van der Waals surface area contributed by atoms with E-state index in [0.29, 0.717) is 6.54 Å². The van der Waals surface area contributed by atoms with Crippen molar-refractivity contribution in [3.63, 3.8) is 0 Å². The number of hydrogen-bond donors (Lipinski definition) is 2. The second kappa shape index (κ2) is 6.16. The molecule has 1 aromatic carbocycles. The van der Waals surface area contributed by atoms with E-state index in [1.54, 1.807) is 0 Å². The fourth-order valence-electron chi connectivity index (χ4n) is 3.31. The van der Waals surface area contributed by atoms with E-state index in [4.69, 9.17) is 9.84 Å². The van der Waals surface area contributed by atoms with Crippen LogP contribution in [0, 0.1) is 11.3 Å². The maximum absolute atomic E-state index is 12.2. The van der Waals surface area contributed by atoms with Crippen LogP contribution in [-0.4, -0.2) is 30.8 Å². The van der Waals surface area contributed by atoms with E-state index < -0.39 is 0 Å². The van der Waals surface area contributed by atoms with Gasteiger partial charge < -0.3 is 15.2 Å². The van der Waals surface area contributed by atoms with Gasteiger partial charge in [0.15, 0.2) is 0 Å². The van der Waals surface area contributed by atoms with Gasteiger partial charge in [0.1, 0.15) is 0 Å². The Morgan fingerprint density at radius 1 is 1.24 bits per heavy atom. The van der Waals surface area contributed by atoms with Crippen LogP contribution in [0.25, 0.3) is 0 Å². The minimum absolute atomic E-state index is 0.0739. The Hall–Kier alpha value is -1.39. The van der Waals surface area contributed by atoms with Crippen molar-refractivity contribution in [2.24, 2.45) is 11.3 Å². The third-order valence-corrected chi connectivity index (χ3v) is 4.91. The number of aliphatic hydroxyl groups excluding tert-OH is 1. The molecular weight excluding hydrogens is 266 g/mol. The van der Waals surface area contributed by atoms with E-state index in [0.717, 1.165) is 44.5 Å². The van der Waals surface area contributed by atoms with Crippen molar-refractivity contribution in [3.8, 4) is 0 Å². The highest BCUT2D eigenvalue weighted by molar-refractivity contribution is 5.82. The summed E-state index contributed by atoms with van der Waals surface area (Å²) in [5.41, 5.74) is 2.36. The zero-order valence-corrected chi connectivity index (χ0v) is 12.3. The van der Waals surface area contributed by atoms with Crippen molar-refractivity contribution in [3.05, 3.63) is 35.4 Å². The Kier molecular flexibility index (Phi) is 4.27. The molecular formula is C17H23NO3. The second-order valence-electron chi connectivity index (χ2n) is 6.25. The second-order valence-corrected chi connectivity index (χ2v) is 6.25. The molecule has 114 valence electrons. The van der Waals surface area contributed by atoms with Crippen molar-refractivity contribution in [2.45, 2.75) is 32.3 Å². The molecule has 0 bridgehead atoms. The van der Waals surface area contributed by atoms with Crippen molar-refractivity contribution in [1.82, 2.24) is 5.32 Å². The summed E-state index contributed by atoms with van der Waals surface area (Å²) >= 11 is 0. The molecule has 1 amide bonds. The van der Waals surface area contributed by atoms with Gasteiger partial charge in [-0.2, -0.15) is 0 Å². The molecule has 4 nitrogen and oxygen atoms in total. The zero-order chi connectivity index (χ0) is 14.7. The smallest absolute Gasteiger partial charge is 0.223 e. The molecule has 0 radical (unpaired) electrons. The molecule has 1 aliphatic carbocycles. The first-order valence-electron chi connectivity index (χ1n) is 7.78. The molecule has 1 aliphatic heterocycles. The monoisotopic (exact) mass is 289 g/mol. The predicted octanol–water partition coefficient (Wildman–Crippen LogP) is 1.65. The Labute approximate surface area is 125 Å². The number of rotatable bonds is 5. The molecule has 1 aromatic rings. The highest BCUT2D eigenvalue weighted by Crippen LogP contribution is 2.59. The van der Waals surface area contributed by atoms with Gasteiger partial charge >= 0.3 is 0 Å². The van der Waals surface area contributed by atoms with Crippen LogP contribution >= 0.6 is 0 Å². The quantitative estimate of drug-likeness (QED) is 0.866. The van der Waals surface area contributed by atoms with E-state index >= 15 is 0 Å². The van der Waals surface area contributed by atoms with E-state index in [2.05, 4.69) is 5.32 Å². The minimum Gasteiger partial charge on any atom is -0.392 e. The molecule has 1 saturated heterocycles. The Bertz CT molecular complexity index is 491. The van der Waals surface area contributed by atoms with Gasteiger partial charge in [-0.1, -0.05) is 24.3 Å². The maximum atomic E-state index is 12.2. The van der Waals surface area contributed by atoms with Crippen molar-refractivity contribution in [2.75, 3.05) is 19.8 Å². The minimum atomic E-state index is 0.0739. The van der Waals surface area contributed by atoms with Crippen LogP contribution in [0.15, 0.2) is 24.3 Å². The number of ether oxygens (including phenoxy) is 1. The number of nitrogens with one attached hydrogen (secondary N) is 1. The first-order chi connectivity index (χ1) is 10.2. The summed E-state index contributed by atoms with van der Waals surface area (Å²) in [5.74, 6) is 0.419. The number of hydrogen-bond acceptors (Lipinski definition) is 3. The summed E-state index contributed by atoms with van der Waals surface area (Å²) in [7, 11) is 0. The van der Waals surface area contributed by atoms with Gasteiger partial charge in [0.2, 0.25) is 5.91 Å². The van der Waals surface area contributed by atoms with Crippen LogP contribution in [0.4, 0.5) is 0 Å². The summed E-state index contributed by atoms with van der Waals surface area (Å²) in [5, 5.41) is 12.1. The summed E-state index contributed by atoms with van der Waals surface area (Å²) in [6.07, 6.45) is 3.94. The molecule has 2 N–H and O–H groups in total. The highest BCUT2D eigenvalue weighted by atomic mass is 16.5. The fourth-order valence-corrected chi connectivity index (χ4v) is 3.31. The average Bonchev–Trinajstić information content (AvgIpc) is 3.22. The number of amides is 1. The lowest BCUT2D eigenvalue weighted by Gasteiger charge is -2.22. The summed E-state index contributed by atoms with van der Waals surface area (Å²) in [4.78, 5) is 12.2. The van der Waals surface area contributed by atoms with Crippen LogP contribution < -0.4 is 5.32 Å². The van der Waals surface area contributed by atoms with Gasteiger partial charge in [-0.25, -0.2) is 0 Å². The lowest BCUT2D eigenvalue weighted by molar-refractivity contribution is -0.123. The first kappa shape index (κ1) is 14.5. The maximum Gasteiger partial charge on any atom is 0.223 e. The van der Waals surface area contributed by atoms with Gasteiger partial charge in [-0.15, -0.1) is 0 Å². The van der Waals surface area contributed by atoms with Crippen molar-refractivity contribution < 1.29 is 14.6 Å². The lowest BCUT2D eigenvalue weighted by atomic mass is 9.93. The Balaban J connectivity index is 1.42. The molecule has 1 heterocycles. The van der Waals surface area contributed by atoms with Crippen LogP contribution in [0.5, 0.6) is 0 Å². The Morgan fingerprint density at radius 2 is 1.90 bits per heavy atom. The molecule has 0 aromatic heterocycles. The molecule has 21 heavy (non-hydrogen) atoms. The van der Waals surface area contributed by atoms with Gasteiger partial charge in [-0.3, -0.25) is 4.79 Å². The molecule has 3 rings (SSSR count). The normalized spacial score (nSPS) is 23.0. The number of aliphatic hydroxyl groups is 1. The summed E-state index contributed by atoms with van der Waals surface area (Å²) in [6, 6.07) is 7.87. The third kappa shape index (κ3) is 3.27. The van der Waals surface area contributed by atoms with E-state index in [1.165, 1.54) is 5.56 Å². The lowest BCUT2D eigenvalue weighted by Crippen LogP contribution is -2.31. The molecule has 2 aliphatic rings. The van der Waals surface area contributed by atoms with Gasteiger partial charge in [0.05, 0.1) is 6.61 Å². The van der Waals surface area contributed by atoms with Crippen LogP contribution in [-0.2, 0) is 22.6 Å². The molecule has 2 fully saturated rings. The van der Waals surface area contributed by atoms with E-state index in [-0.39, 0.29) is 23.8 Å². The third-order valence-electron chi connectivity index (χ3n) is 4.91. The molecule has 4 heteroatoms. The SMILES string of the molecule is O=C(NCCc1ccc(CO)cc1)C1CC12CCOCC2. The van der Waals surface area contributed by atoms with Crippen molar-refractivity contribution >= 4 is 5.91 Å². The highest BCUT2D eigenvalue weighted by Gasteiger charge is 2.57. The number of benzene rings is 1. The molecule has 1 spiro atoms. The van der Waals surface area contributed by atoms with Crippen LogP contribution in [0.1, 0.15) is 30.4 Å². The van der Waals surface area contributed by atoms with Crippen LogP contribution in [0.2, 0.25) is 0 Å². The molecule has 1 saturated carbocycles. The van der Waals surface area contributed by atoms with Gasteiger partial charge in [0.25, 0.3) is 0 Å². The van der Waals surface area contributed by atoms with Crippen LogP contribution in [0.3, 0.4) is 0 Å². The fraction of sp³-hybridized carbons (Fsp3) is 0.588. The largest absolute Gasteiger partial charge is 0.392 e. The number of carbonyl (C=O) groups excluding carboxylic acids is 1. The van der Waals surface area contributed by atoms with E-state index in [1.807, 2.05) is 24.3 Å². The Morgan fingerprint density at radius 3 is 2.57 bits per heavy atom. The predicted molar refractivity (Wildman–Crippen MR) is 79.7 cm³/mol. The average molecular weight is 289 g/mol. The standard InChI is InChI=1S/C17H23NO3/c19-12-14-3-1-13(2-4-14)5-8-18-16(20)15-11-17(15)6-9-21-10-7-17/h1-4,15,19H,5-12H2,(H,18,20).